The van der Waals surface area contributed by atoms with Crippen LogP contribution in [0.2, 0.25) is 0 Å². The van der Waals surface area contributed by atoms with Crippen molar-refractivity contribution in [1.29, 1.82) is 0 Å². The Bertz CT molecular complexity index is 1120. The molecule has 1 aliphatic heterocycles. The summed E-state index contributed by atoms with van der Waals surface area (Å²) in [6.07, 6.45) is 2.77. The van der Waals surface area contributed by atoms with Crippen LogP contribution in [0.4, 0.5) is 4.79 Å². The van der Waals surface area contributed by atoms with Gasteiger partial charge in [-0.05, 0) is 30.0 Å². The molecule has 7 nitrogen and oxygen atoms in total. The second kappa shape index (κ2) is 7.67. The maximum absolute atomic E-state index is 13.1. The van der Waals surface area contributed by atoms with Crippen LogP contribution < -0.4 is 10.7 Å². The molecule has 1 saturated heterocycles. The van der Waals surface area contributed by atoms with E-state index in [1.165, 1.54) is 6.26 Å². The van der Waals surface area contributed by atoms with Crippen molar-refractivity contribution in [2.45, 2.75) is 38.6 Å². The van der Waals surface area contributed by atoms with E-state index in [-0.39, 0.29) is 6.42 Å². The molecular weight excluding hydrogens is 382 g/mol. The number of benzene rings is 2. The van der Waals surface area contributed by atoms with Gasteiger partial charge in [-0.1, -0.05) is 56.3 Å². The highest BCUT2D eigenvalue weighted by Gasteiger charge is 2.52. The molecular formula is C23H23N3O4. The molecule has 30 heavy (non-hydrogen) atoms. The number of imide groups is 1. The van der Waals surface area contributed by atoms with Crippen molar-refractivity contribution in [3.05, 3.63) is 71.5 Å². The SMILES string of the molecule is CCc1ccc2c(CC(=O)NN3C(=O)N[C@@](CC)(c4ccccc4)C3=O)coc2c1. The minimum absolute atomic E-state index is 0.0139. The second-order valence-corrected chi connectivity index (χ2v) is 7.35. The lowest BCUT2D eigenvalue weighted by atomic mass is 9.87. The third-order valence-corrected chi connectivity index (χ3v) is 5.60. The Labute approximate surface area is 174 Å². The van der Waals surface area contributed by atoms with Crippen LogP contribution in [-0.4, -0.2) is 22.9 Å². The van der Waals surface area contributed by atoms with Gasteiger partial charge in [0.15, 0.2) is 0 Å². The van der Waals surface area contributed by atoms with Gasteiger partial charge in [0.05, 0.1) is 12.7 Å². The van der Waals surface area contributed by atoms with E-state index in [1.807, 2.05) is 31.2 Å². The Hall–Kier alpha value is -3.61. The Morgan fingerprint density at radius 2 is 1.90 bits per heavy atom. The number of rotatable bonds is 6. The third kappa shape index (κ3) is 3.22. The molecule has 4 amide bonds. The lowest BCUT2D eigenvalue weighted by Crippen LogP contribution is -2.49. The van der Waals surface area contributed by atoms with Crippen LogP contribution in [-0.2, 0) is 28.0 Å². The van der Waals surface area contributed by atoms with Crippen LogP contribution in [0.5, 0.6) is 0 Å². The molecule has 0 bridgehead atoms. The molecule has 1 aromatic heterocycles. The molecule has 2 N–H and O–H groups in total. The van der Waals surface area contributed by atoms with Crippen molar-refractivity contribution in [2.75, 3.05) is 0 Å². The summed E-state index contributed by atoms with van der Waals surface area (Å²) in [5.74, 6) is -0.972. The lowest BCUT2D eigenvalue weighted by molar-refractivity contribution is -0.139. The summed E-state index contributed by atoms with van der Waals surface area (Å²) in [5.41, 5.74) is 4.49. The molecule has 3 aromatic rings. The zero-order valence-corrected chi connectivity index (χ0v) is 16.9. The minimum Gasteiger partial charge on any atom is -0.464 e. The summed E-state index contributed by atoms with van der Waals surface area (Å²) in [7, 11) is 0. The molecule has 1 atom stereocenters. The summed E-state index contributed by atoms with van der Waals surface area (Å²) in [6.45, 7) is 3.88. The van der Waals surface area contributed by atoms with Gasteiger partial charge in [-0.3, -0.25) is 15.0 Å². The van der Waals surface area contributed by atoms with E-state index in [1.54, 1.807) is 24.3 Å². The fourth-order valence-electron chi connectivity index (χ4n) is 3.86. The molecule has 1 fully saturated rings. The highest BCUT2D eigenvalue weighted by molar-refractivity contribution is 6.08. The van der Waals surface area contributed by atoms with Gasteiger partial charge in [0, 0.05) is 10.9 Å². The zero-order valence-electron chi connectivity index (χ0n) is 16.9. The lowest BCUT2D eigenvalue weighted by Gasteiger charge is -2.25. The number of carbonyl (C=O) groups excluding carboxylic acids is 3. The largest absolute Gasteiger partial charge is 0.464 e. The highest BCUT2D eigenvalue weighted by atomic mass is 16.3. The van der Waals surface area contributed by atoms with E-state index in [0.717, 1.165) is 22.4 Å². The van der Waals surface area contributed by atoms with Crippen molar-refractivity contribution >= 4 is 28.8 Å². The number of carbonyl (C=O) groups is 3. The maximum Gasteiger partial charge on any atom is 0.344 e. The van der Waals surface area contributed by atoms with Gasteiger partial charge in [-0.15, -0.1) is 0 Å². The molecule has 7 heteroatoms. The van der Waals surface area contributed by atoms with E-state index in [9.17, 15) is 14.4 Å². The Balaban J connectivity index is 1.52. The van der Waals surface area contributed by atoms with Crippen LogP contribution in [0.15, 0.2) is 59.2 Å². The quantitative estimate of drug-likeness (QED) is 0.615. The van der Waals surface area contributed by atoms with Gasteiger partial charge in [-0.2, -0.15) is 5.01 Å². The topological polar surface area (TPSA) is 91.7 Å². The first-order valence-electron chi connectivity index (χ1n) is 9.99. The summed E-state index contributed by atoms with van der Waals surface area (Å²) in [4.78, 5) is 38.2. The van der Waals surface area contributed by atoms with E-state index in [4.69, 9.17) is 4.42 Å². The number of nitrogens with zero attached hydrogens (tertiary/aromatic N) is 1. The number of fused-ring (bicyclic) bond motifs is 1. The molecule has 2 heterocycles. The summed E-state index contributed by atoms with van der Waals surface area (Å²) in [6, 6.07) is 14.2. The first-order chi connectivity index (χ1) is 14.5. The normalized spacial score (nSPS) is 18.7. The van der Waals surface area contributed by atoms with E-state index < -0.39 is 23.4 Å². The van der Waals surface area contributed by atoms with Gasteiger partial charge < -0.3 is 9.73 Å². The first kappa shape index (κ1) is 19.7. The Morgan fingerprint density at radius 3 is 2.60 bits per heavy atom. The number of nitrogens with one attached hydrogen (secondary N) is 2. The number of hydrogen-bond donors (Lipinski definition) is 2. The summed E-state index contributed by atoms with van der Waals surface area (Å²) >= 11 is 0. The summed E-state index contributed by atoms with van der Waals surface area (Å²) in [5, 5.41) is 4.36. The van der Waals surface area contributed by atoms with Crippen LogP contribution >= 0.6 is 0 Å². The van der Waals surface area contributed by atoms with Crippen molar-refractivity contribution < 1.29 is 18.8 Å². The number of hydrogen-bond acceptors (Lipinski definition) is 4. The zero-order chi connectivity index (χ0) is 21.3. The minimum atomic E-state index is -1.19. The third-order valence-electron chi connectivity index (χ3n) is 5.60. The van der Waals surface area contributed by atoms with Gasteiger partial charge in [-0.25, -0.2) is 4.79 Å². The standard InChI is InChI=1S/C23H23N3O4/c1-3-15-10-11-18-16(14-30-19(18)12-15)13-20(27)25-26-21(28)23(4-2,24-22(26)29)17-8-6-5-7-9-17/h5-12,14H,3-4,13H2,1-2H3,(H,24,29)(H,25,27)/t23-/m0/s1. The van der Waals surface area contributed by atoms with E-state index in [0.29, 0.717) is 23.1 Å². The number of amides is 4. The monoisotopic (exact) mass is 405 g/mol. The predicted molar refractivity (Wildman–Crippen MR) is 111 cm³/mol. The first-order valence-corrected chi connectivity index (χ1v) is 9.99. The Kier molecular flexibility index (Phi) is 5.03. The van der Waals surface area contributed by atoms with Crippen molar-refractivity contribution in [2.24, 2.45) is 0 Å². The number of aryl methyl sites for hydroxylation is 1. The van der Waals surface area contributed by atoms with Crippen molar-refractivity contribution in [3.8, 4) is 0 Å². The highest BCUT2D eigenvalue weighted by Crippen LogP contribution is 2.31. The smallest absolute Gasteiger partial charge is 0.344 e. The molecule has 0 unspecified atom stereocenters. The molecule has 2 aromatic carbocycles. The van der Waals surface area contributed by atoms with Crippen LogP contribution in [0, 0.1) is 0 Å². The van der Waals surface area contributed by atoms with E-state index in [2.05, 4.69) is 17.7 Å². The number of urea groups is 1. The van der Waals surface area contributed by atoms with Gasteiger partial charge >= 0.3 is 6.03 Å². The molecule has 0 spiro atoms. The molecule has 154 valence electrons. The fraction of sp³-hybridized carbons (Fsp3) is 0.261. The maximum atomic E-state index is 13.1. The Morgan fingerprint density at radius 1 is 1.13 bits per heavy atom. The second-order valence-electron chi connectivity index (χ2n) is 7.35. The van der Waals surface area contributed by atoms with Crippen LogP contribution in [0.3, 0.4) is 0 Å². The predicted octanol–water partition coefficient (Wildman–Crippen LogP) is 3.43. The fourth-order valence-corrected chi connectivity index (χ4v) is 3.86. The van der Waals surface area contributed by atoms with Gasteiger partial charge in [0.2, 0.25) is 5.91 Å². The van der Waals surface area contributed by atoms with Gasteiger partial charge in [0.25, 0.3) is 5.91 Å². The molecule has 0 saturated carbocycles. The molecule has 0 radical (unpaired) electrons. The van der Waals surface area contributed by atoms with Crippen LogP contribution in [0.25, 0.3) is 11.0 Å². The molecule has 0 aliphatic carbocycles. The average Bonchev–Trinajstić information content (AvgIpc) is 3.27. The van der Waals surface area contributed by atoms with Gasteiger partial charge in [0.1, 0.15) is 11.1 Å². The van der Waals surface area contributed by atoms with Crippen LogP contribution in [0.1, 0.15) is 37.0 Å². The molecule has 1 aliphatic rings. The number of furan rings is 1. The summed E-state index contributed by atoms with van der Waals surface area (Å²) < 4.78 is 5.57. The van der Waals surface area contributed by atoms with Crippen molar-refractivity contribution in [1.82, 2.24) is 15.8 Å². The van der Waals surface area contributed by atoms with E-state index >= 15 is 0 Å². The van der Waals surface area contributed by atoms with Crippen molar-refractivity contribution in [3.63, 3.8) is 0 Å². The molecule has 4 rings (SSSR count). The average molecular weight is 405 g/mol. The number of hydrazine groups is 1.